The van der Waals surface area contributed by atoms with Gasteiger partial charge in [0.1, 0.15) is 6.04 Å². The van der Waals surface area contributed by atoms with Gasteiger partial charge in [0.05, 0.1) is 0 Å². The molecule has 0 saturated carbocycles. The van der Waals surface area contributed by atoms with Crippen molar-refractivity contribution in [2.24, 2.45) is 5.14 Å². The predicted molar refractivity (Wildman–Crippen MR) is 51.8 cm³/mol. The van der Waals surface area contributed by atoms with Crippen LogP contribution in [-0.4, -0.2) is 56.0 Å². The topological polar surface area (TPSA) is 66.6 Å². The van der Waals surface area contributed by atoms with Crippen LogP contribution >= 0.6 is 0 Å². The lowest BCUT2D eigenvalue weighted by Crippen LogP contribution is -2.55. The van der Waals surface area contributed by atoms with Crippen molar-refractivity contribution in [3.63, 3.8) is 0 Å². The predicted octanol–water partition coefficient (Wildman–Crippen LogP) is -0.242. The van der Waals surface area contributed by atoms with E-state index in [9.17, 15) is 21.6 Å². The molecule has 0 aromatic heterocycles. The Balaban J connectivity index is 2.56. The summed E-state index contributed by atoms with van der Waals surface area (Å²) in [6.45, 7) is 1.14. The number of piperazine rings is 1. The summed E-state index contributed by atoms with van der Waals surface area (Å²) in [6.07, 6.45) is -4.29. The molecule has 1 saturated heterocycles. The van der Waals surface area contributed by atoms with E-state index >= 15 is 0 Å². The summed E-state index contributed by atoms with van der Waals surface area (Å²) in [5.41, 5.74) is 0. The van der Waals surface area contributed by atoms with E-state index in [2.05, 4.69) is 0 Å². The summed E-state index contributed by atoms with van der Waals surface area (Å²) in [5.74, 6) is 0. The van der Waals surface area contributed by atoms with Crippen LogP contribution in [0.4, 0.5) is 13.2 Å². The van der Waals surface area contributed by atoms with Crippen molar-refractivity contribution in [2.45, 2.75) is 19.1 Å². The molecule has 16 heavy (non-hydrogen) atoms. The van der Waals surface area contributed by atoms with Gasteiger partial charge in [-0.15, -0.1) is 0 Å². The van der Waals surface area contributed by atoms with E-state index in [1.807, 2.05) is 0 Å². The maximum absolute atomic E-state index is 12.4. The fraction of sp³-hybridized carbons (Fsp3) is 1.00. The van der Waals surface area contributed by atoms with E-state index in [0.29, 0.717) is 0 Å². The van der Waals surface area contributed by atoms with E-state index < -0.39 is 22.4 Å². The summed E-state index contributed by atoms with van der Waals surface area (Å²) < 4.78 is 59.9. The molecule has 1 atom stereocenters. The third kappa shape index (κ3) is 3.30. The second-order valence-electron chi connectivity index (χ2n) is 3.70. The molecule has 1 aliphatic heterocycles. The highest BCUT2D eigenvalue weighted by Crippen LogP contribution is 2.25. The molecule has 0 bridgehead atoms. The Morgan fingerprint density at radius 1 is 1.19 bits per heavy atom. The van der Waals surface area contributed by atoms with Gasteiger partial charge in [-0.3, -0.25) is 4.90 Å². The van der Waals surface area contributed by atoms with Gasteiger partial charge in [-0.1, -0.05) is 0 Å². The van der Waals surface area contributed by atoms with Gasteiger partial charge in [0, 0.05) is 26.2 Å². The SMILES string of the molecule is C[C@@H](N1CCN(S(N)(=O)=O)CC1)C(F)(F)F. The van der Waals surface area contributed by atoms with Gasteiger partial charge in [0.15, 0.2) is 0 Å². The fourth-order valence-corrected chi connectivity index (χ4v) is 2.22. The Kier molecular flexibility index (Phi) is 3.83. The Bertz CT molecular complexity index is 335. The van der Waals surface area contributed by atoms with Crippen LogP contribution in [0.3, 0.4) is 0 Å². The zero-order valence-electron chi connectivity index (χ0n) is 8.74. The van der Waals surface area contributed by atoms with Gasteiger partial charge in [-0.2, -0.15) is 25.9 Å². The van der Waals surface area contributed by atoms with Crippen LogP contribution in [0.25, 0.3) is 0 Å². The highest BCUT2D eigenvalue weighted by atomic mass is 32.2. The largest absolute Gasteiger partial charge is 0.403 e. The van der Waals surface area contributed by atoms with Crippen LogP contribution in [-0.2, 0) is 10.2 Å². The Labute approximate surface area is 92.2 Å². The Hall–Kier alpha value is -0.380. The first-order valence-electron chi connectivity index (χ1n) is 4.71. The minimum Gasteiger partial charge on any atom is -0.290 e. The fourth-order valence-electron chi connectivity index (χ4n) is 1.55. The van der Waals surface area contributed by atoms with Crippen molar-refractivity contribution in [3.8, 4) is 0 Å². The lowest BCUT2D eigenvalue weighted by Gasteiger charge is -2.37. The average molecular weight is 261 g/mol. The minimum absolute atomic E-state index is 0.000741. The average Bonchev–Trinajstić information content (AvgIpc) is 2.14. The molecular weight excluding hydrogens is 247 g/mol. The smallest absolute Gasteiger partial charge is 0.290 e. The van der Waals surface area contributed by atoms with Crippen molar-refractivity contribution >= 4 is 10.2 Å². The molecule has 9 heteroatoms. The zero-order valence-corrected chi connectivity index (χ0v) is 9.55. The number of alkyl halides is 3. The number of nitrogens with zero attached hydrogens (tertiary/aromatic N) is 2. The van der Waals surface area contributed by atoms with E-state index in [1.165, 1.54) is 4.90 Å². The molecule has 0 amide bonds. The molecule has 96 valence electrons. The molecule has 0 aromatic rings. The van der Waals surface area contributed by atoms with Crippen LogP contribution in [0.1, 0.15) is 6.92 Å². The van der Waals surface area contributed by atoms with Crippen LogP contribution in [0.2, 0.25) is 0 Å². The molecule has 1 aliphatic rings. The molecule has 1 rings (SSSR count). The molecule has 0 radical (unpaired) electrons. The Morgan fingerprint density at radius 3 is 1.94 bits per heavy atom. The molecule has 1 fully saturated rings. The second kappa shape index (κ2) is 4.47. The quantitative estimate of drug-likeness (QED) is 0.746. The number of rotatable bonds is 2. The van der Waals surface area contributed by atoms with Gasteiger partial charge >= 0.3 is 6.18 Å². The van der Waals surface area contributed by atoms with E-state index in [0.717, 1.165) is 11.2 Å². The number of nitrogens with two attached hydrogens (primary N) is 1. The van der Waals surface area contributed by atoms with Crippen LogP contribution < -0.4 is 5.14 Å². The molecule has 1 heterocycles. The van der Waals surface area contributed by atoms with E-state index in [-0.39, 0.29) is 26.2 Å². The highest BCUT2D eigenvalue weighted by molar-refractivity contribution is 7.86. The van der Waals surface area contributed by atoms with Gasteiger partial charge in [0.25, 0.3) is 10.2 Å². The number of hydrogen-bond donors (Lipinski definition) is 1. The van der Waals surface area contributed by atoms with Crippen LogP contribution in [0, 0.1) is 0 Å². The first-order valence-corrected chi connectivity index (χ1v) is 6.21. The van der Waals surface area contributed by atoms with Crippen molar-refractivity contribution in [2.75, 3.05) is 26.2 Å². The Morgan fingerprint density at radius 2 is 1.62 bits per heavy atom. The zero-order chi connectivity index (χ0) is 12.6. The molecule has 0 aromatic carbocycles. The minimum atomic E-state index is -4.29. The monoisotopic (exact) mass is 261 g/mol. The summed E-state index contributed by atoms with van der Waals surface area (Å²) in [4.78, 5) is 1.20. The molecule has 0 unspecified atom stereocenters. The molecular formula is C7H14F3N3O2S. The van der Waals surface area contributed by atoms with E-state index in [1.54, 1.807) is 0 Å². The summed E-state index contributed by atoms with van der Waals surface area (Å²) in [5, 5.41) is 4.87. The lowest BCUT2D eigenvalue weighted by atomic mass is 10.2. The van der Waals surface area contributed by atoms with Crippen LogP contribution in [0.5, 0.6) is 0 Å². The first-order chi connectivity index (χ1) is 7.12. The summed E-state index contributed by atoms with van der Waals surface area (Å²) in [6, 6.07) is -1.56. The van der Waals surface area contributed by atoms with Gasteiger partial charge < -0.3 is 0 Å². The molecule has 0 spiro atoms. The number of halogens is 3. The van der Waals surface area contributed by atoms with Gasteiger partial charge in [-0.05, 0) is 6.92 Å². The third-order valence-electron chi connectivity index (χ3n) is 2.65. The van der Waals surface area contributed by atoms with Gasteiger partial charge in [-0.25, -0.2) is 5.14 Å². The number of hydrogen-bond acceptors (Lipinski definition) is 3. The first kappa shape index (κ1) is 13.7. The summed E-state index contributed by atoms with van der Waals surface area (Å²) in [7, 11) is -3.79. The van der Waals surface area contributed by atoms with Crippen LogP contribution in [0.15, 0.2) is 0 Å². The van der Waals surface area contributed by atoms with E-state index in [4.69, 9.17) is 5.14 Å². The molecule has 0 aliphatic carbocycles. The highest BCUT2D eigenvalue weighted by Gasteiger charge is 2.41. The van der Waals surface area contributed by atoms with Crippen molar-refractivity contribution in [1.82, 2.24) is 9.21 Å². The second-order valence-corrected chi connectivity index (χ2v) is 5.24. The summed E-state index contributed by atoms with van der Waals surface area (Å²) >= 11 is 0. The molecule has 2 N–H and O–H groups in total. The van der Waals surface area contributed by atoms with Gasteiger partial charge in [0.2, 0.25) is 0 Å². The normalized spacial score (nSPS) is 23.3. The van der Waals surface area contributed by atoms with Crippen molar-refractivity contribution < 1.29 is 21.6 Å². The lowest BCUT2D eigenvalue weighted by molar-refractivity contribution is -0.181. The molecule has 5 nitrogen and oxygen atoms in total. The van der Waals surface area contributed by atoms with Crippen molar-refractivity contribution in [1.29, 1.82) is 0 Å². The maximum atomic E-state index is 12.4. The van der Waals surface area contributed by atoms with Crippen molar-refractivity contribution in [3.05, 3.63) is 0 Å². The maximum Gasteiger partial charge on any atom is 0.403 e. The standard InChI is InChI=1S/C7H14F3N3O2S/c1-6(7(8,9)10)12-2-4-13(5-3-12)16(11,14)15/h6H,2-5H2,1H3,(H2,11,14,15)/t6-/m1/s1. The third-order valence-corrected chi connectivity index (χ3v) is 3.74.